The summed E-state index contributed by atoms with van der Waals surface area (Å²) in [6.07, 6.45) is 4.73. The summed E-state index contributed by atoms with van der Waals surface area (Å²) in [6.45, 7) is 1.80. The van der Waals surface area contributed by atoms with E-state index in [0.717, 1.165) is 24.4 Å². The summed E-state index contributed by atoms with van der Waals surface area (Å²) in [4.78, 5) is 25.0. The Labute approximate surface area is 170 Å². The monoisotopic (exact) mass is 407 g/mol. The first-order valence-electron chi connectivity index (χ1n) is 9.03. The molecule has 3 N–H and O–H groups in total. The zero-order chi connectivity index (χ0) is 19.1. The summed E-state index contributed by atoms with van der Waals surface area (Å²) in [5, 5.41) is 13.1. The number of aromatic nitrogens is 2. The summed E-state index contributed by atoms with van der Waals surface area (Å²) in [6, 6.07) is 9.26. The van der Waals surface area contributed by atoms with E-state index in [1.807, 2.05) is 24.3 Å². The number of ether oxygens (including phenoxy) is 1. The van der Waals surface area contributed by atoms with Gasteiger partial charge in [0.05, 0.1) is 13.7 Å². The molecule has 1 aliphatic heterocycles. The Morgan fingerprint density at radius 2 is 1.93 bits per heavy atom. The van der Waals surface area contributed by atoms with Gasteiger partial charge >= 0.3 is 0 Å². The van der Waals surface area contributed by atoms with E-state index < -0.39 is 5.54 Å². The lowest BCUT2D eigenvalue weighted by molar-refractivity contribution is -0.134. The number of hydrogen-bond acceptors (Lipinski definition) is 5. The summed E-state index contributed by atoms with van der Waals surface area (Å²) < 4.78 is 6.82. The number of benzene rings is 1. The summed E-state index contributed by atoms with van der Waals surface area (Å²) in [7, 11) is 1.61. The SMILES string of the molecule is COc1ccc(CNC(=O)CNC(=O)C2(n3cccn3)CCNCC2)cc1.Cl. The van der Waals surface area contributed by atoms with E-state index in [1.165, 1.54) is 0 Å². The summed E-state index contributed by atoms with van der Waals surface area (Å²) in [5.41, 5.74) is 0.215. The summed E-state index contributed by atoms with van der Waals surface area (Å²) >= 11 is 0. The maximum Gasteiger partial charge on any atom is 0.248 e. The molecule has 1 aromatic heterocycles. The molecule has 152 valence electrons. The van der Waals surface area contributed by atoms with Crippen molar-refractivity contribution in [1.82, 2.24) is 25.7 Å². The highest BCUT2D eigenvalue weighted by Crippen LogP contribution is 2.27. The van der Waals surface area contributed by atoms with Crippen molar-refractivity contribution in [1.29, 1.82) is 0 Å². The number of halogens is 1. The highest BCUT2D eigenvalue weighted by Gasteiger charge is 2.41. The van der Waals surface area contributed by atoms with Crippen molar-refractivity contribution in [2.45, 2.75) is 24.9 Å². The number of piperidine rings is 1. The smallest absolute Gasteiger partial charge is 0.248 e. The van der Waals surface area contributed by atoms with Gasteiger partial charge in [0, 0.05) is 18.9 Å². The standard InChI is InChI=1S/C19H25N5O3.ClH/c1-27-16-5-3-15(4-6-16)13-21-17(25)14-22-18(26)19(7-10-20-11-8-19)24-12-2-9-23-24;/h2-6,9,12,20H,7-8,10-11,13-14H2,1H3,(H,21,25)(H,22,26);1H. The van der Waals surface area contributed by atoms with Crippen molar-refractivity contribution in [3.05, 3.63) is 48.3 Å². The molecule has 0 unspecified atom stereocenters. The van der Waals surface area contributed by atoms with Crippen molar-refractivity contribution < 1.29 is 14.3 Å². The number of amides is 2. The normalized spacial score (nSPS) is 15.2. The van der Waals surface area contributed by atoms with Crippen LogP contribution in [0.15, 0.2) is 42.7 Å². The molecule has 8 nitrogen and oxygen atoms in total. The first kappa shape index (κ1) is 21.7. The average Bonchev–Trinajstić information content (AvgIpc) is 3.26. The minimum atomic E-state index is -0.745. The number of carbonyl (C=O) groups is 2. The lowest BCUT2D eigenvalue weighted by Crippen LogP contribution is -2.55. The predicted molar refractivity (Wildman–Crippen MR) is 107 cm³/mol. The second kappa shape index (κ2) is 10.1. The van der Waals surface area contributed by atoms with Crippen LogP contribution in [0.25, 0.3) is 0 Å². The van der Waals surface area contributed by atoms with Crippen LogP contribution in [-0.2, 0) is 21.7 Å². The molecule has 1 aliphatic rings. The topological polar surface area (TPSA) is 97.3 Å². The van der Waals surface area contributed by atoms with Crippen molar-refractivity contribution >= 4 is 24.2 Å². The Hall–Kier alpha value is -2.58. The second-order valence-electron chi connectivity index (χ2n) is 6.54. The molecule has 0 saturated carbocycles. The predicted octanol–water partition coefficient (Wildman–Crippen LogP) is 0.825. The van der Waals surface area contributed by atoms with Crippen LogP contribution >= 0.6 is 12.4 Å². The quantitative estimate of drug-likeness (QED) is 0.631. The largest absolute Gasteiger partial charge is 0.497 e. The molecule has 2 heterocycles. The maximum absolute atomic E-state index is 12.9. The minimum absolute atomic E-state index is 0. The molecule has 3 rings (SSSR count). The molecule has 0 spiro atoms. The molecule has 1 aromatic carbocycles. The molecule has 2 aromatic rings. The van der Waals surface area contributed by atoms with Crippen LogP contribution in [0.4, 0.5) is 0 Å². The molecule has 0 atom stereocenters. The highest BCUT2D eigenvalue weighted by molar-refractivity contribution is 5.89. The van der Waals surface area contributed by atoms with E-state index >= 15 is 0 Å². The average molecular weight is 408 g/mol. The first-order chi connectivity index (χ1) is 13.1. The second-order valence-corrected chi connectivity index (χ2v) is 6.54. The molecule has 9 heteroatoms. The first-order valence-corrected chi connectivity index (χ1v) is 9.03. The van der Waals surface area contributed by atoms with E-state index in [9.17, 15) is 9.59 Å². The van der Waals surface area contributed by atoms with Gasteiger partial charge in [-0.3, -0.25) is 14.3 Å². The van der Waals surface area contributed by atoms with Gasteiger partial charge in [0.1, 0.15) is 11.3 Å². The van der Waals surface area contributed by atoms with Crippen LogP contribution in [-0.4, -0.2) is 48.3 Å². The fourth-order valence-corrected chi connectivity index (χ4v) is 3.25. The zero-order valence-electron chi connectivity index (χ0n) is 15.8. The molecular weight excluding hydrogens is 382 g/mol. The molecule has 2 amide bonds. The van der Waals surface area contributed by atoms with E-state index in [1.54, 1.807) is 30.3 Å². The van der Waals surface area contributed by atoms with Crippen LogP contribution in [0.1, 0.15) is 18.4 Å². The molecule has 0 radical (unpaired) electrons. The number of hydrogen-bond donors (Lipinski definition) is 3. The Kier molecular flexibility index (Phi) is 7.83. The van der Waals surface area contributed by atoms with Gasteiger partial charge in [-0.2, -0.15) is 5.10 Å². The van der Waals surface area contributed by atoms with Crippen molar-refractivity contribution in [2.75, 3.05) is 26.7 Å². The zero-order valence-corrected chi connectivity index (χ0v) is 16.6. The number of nitrogens with zero attached hydrogens (tertiary/aromatic N) is 2. The lowest BCUT2D eigenvalue weighted by Gasteiger charge is -2.36. The minimum Gasteiger partial charge on any atom is -0.497 e. The third-order valence-electron chi connectivity index (χ3n) is 4.85. The lowest BCUT2D eigenvalue weighted by atomic mass is 9.87. The fraction of sp³-hybridized carbons (Fsp3) is 0.421. The summed E-state index contributed by atoms with van der Waals surface area (Å²) in [5.74, 6) is 0.360. The van der Waals surface area contributed by atoms with Gasteiger partial charge < -0.3 is 20.7 Å². The van der Waals surface area contributed by atoms with Crippen LogP contribution < -0.4 is 20.7 Å². The molecule has 28 heavy (non-hydrogen) atoms. The van der Waals surface area contributed by atoms with E-state index in [4.69, 9.17) is 4.74 Å². The van der Waals surface area contributed by atoms with E-state index in [-0.39, 0.29) is 30.8 Å². The molecule has 0 bridgehead atoms. The van der Waals surface area contributed by atoms with Crippen molar-refractivity contribution in [3.8, 4) is 5.75 Å². The van der Waals surface area contributed by atoms with Gasteiger partial charge in [0.2, 0.25) is 11.8 Å². The molecule has 0 aliphatic carbocycles. The van der Waals surface area contributed by atoms with Gasteiger partial charge in [0.15, 0.2) is 0 Å². The van der Waals surface area contributed by atoms with Gasteiger partial charge in [-0.15, -0.1) is 12.4 Å². The number of nitrogens with one attached hydrogen (secondary N) is 3. The molecule has 1 fully saturated rings. The van der Waals surface area contributed by atoms with E-state index in [0.29, 0.717) is 19.4 Å². The Balaban J connectivity index is 0.00000280. The maximum atomic E-state index is 12.9. The Morgan fingerprint density at radius 3 is 2.54 bits per heavy atom. The van der Waals surface area contributed by atoms with Crippen LogP contribution in [0.2, 0.25) is 0 Å². The number of methoxy groups -OCH3 is 1. The number of carbonyl (C=O) groups excluding carboxylic acids is 2. The Bertz CT molecular complexity index is 758. The van der Waals surface area contributed by atoms with Crippen molar-refractivity contribution in [3.63, 3.8) is 0 Å². The van der Waals surface area contributed by atoms with Crippen LogP contribution in [0.3, 0.4) is 0 Å². The molecular formula is C19H26ClN5O3. The van der Waals surface area contributed by atoms with Crippen LogP contribution in [0, 0.1) is 0 Å². The highest BCUT2D eigenvalue weighted by atomic mass is 35.5. The third-order valence-corrected chi connectivity index (χ3v) is 4.85. The van der Waals surface area contributed by atoms with E-state index in [2.05, 4.69) is 21.0 Å². The van der Waals surface area contributed by atoms with Gasteiger partial charge in [-0.1, -0.05) is 12.1 Å². The number of rotatable bonds is 7. The van der Waals surface area contributed by atoms with Gasteiger partial charge in [-0.25, -0.2) is 0 Å². The Morgan fingerprint density at radius 1 is 1.21 bits per heavy atom. The third kappa shape index (κ3) is 5.02. The van der Waals surface area contributed by atoms with Crippen LogP contribution in [0.5, 0.6) is 5.75 Å². The van der Waals surface area contributed by atoms with Gasteiger partial charge in [-0.05, 0) is 49.7 Å². The van der Waals surface area contributed by atoms with Gasteiger partial charge in [0.25, 0.3) is 0 Å². The fourth-order valence-electron chi connectivity index (χ4n) is 3.25. The molecule has 1 saturated heterocycles. The van der Waals surface area contributed by atoms with Crippen molar-refractivity contribution in [2.24, 2.45) is 0 Å².